The van der Waals surface area contributed by atoms with Gasteiger partial charge in [-0.25, -0.2) is 0 Å². The van der Waals surface area contributed by atoms with Crippen molar-refractivity contribution in [2.75, 3.05) is 4.90 Å². The lowest BCUT2D eigenvalue weighted by atomic mass is 9.92. The van der Waals surface area contributed by atoms with E-state index in [-0.39, 0.29) is 0 Å². The molecule has 0 atom stereocenters. The lowest BCUT2D eigenvalue weighted by molar-refractivity contribution is 0.669. The van der Waals surface area contributed by atoms with E-state index in [0.717, 1.165) is 39.0 Å². The first kappa shape index (κ1) is 33.2. The zero-order valence-electron chi connectivity index (χ0n) is 31.0. The highest BCUT2D eigenvalue weighted by Gasteiger charge is 2.18. The molecule has 57 heavy (non-hydrogen) atoms. The van der Waals surface area contributed by atoms with Crippen LogP contribution in [0, 0.1) is 0 Å². The molecule has 0 aliphatic rings. The third-order valence-electron chi connectivity index (χ3n) is 11.1. The third kappa shape index (κ3) is 5.97. The molecule has 0 saturated carbocycles. The van der Waals surface area contributed by atoms with Crippen molar-refractivity contribution in [3.63, 3.8) is 0 Å². The molecule has 0 unspecified atom stereocenters. The molecule has 0 spiro atoms. The molecule has 9 aromatic carbocycles. The number of para-hydroxylation sites is 1. The topological polar surface area (TPSA) is 16.4 Å². The van der Waals surface area contributed by atoms with Crippen LogP contribution in [-0.4, -0.2) is 0 Å². The minimum absolute atomic E-state index is 0.904. The Hall–Kier alpha value is -7.20. The quantitative estimate of drug-likeness (QED) is 0.162. The molecule has 2 aromatic heterocycles. The van der Waals surface area contributed by atoms with Gasteiger partial charge in [-0.1, -0.05) is 140 Å². The molecule has 11 rings (SSSR count). The van der Waals surface area contributed by atoms with Gasteiger partial charge in [-0.2, -0.15) is 0 Å². The van der Waals surface area contributed by atoms with Crippen LogP contribution in [0.1, 0.15) is 0 Å². The number of hydrogen-bond donors (Lipinski definition) is 0. The first-order chi connectivity index (χ1) is 28.2. The summed E-state index contributed by atoms with van der Waals surface area (Å²) in [6, 6.07) is 76.5. The van der Waals surface area contributed by atoms with Crippen molar-refractivity contribution in [1.29, 1.82) is 0 Å². The summed E-state index contributed by atoms with van der Waals surface area (Å²) in [5.41, 5.74) is 14.7. The molecule has 0 saturated heterocycles. The zero-order chi connectivity index (χ0) is 37.7. The zero-order valence-corrected chi connectivity index (χ0v) is 31.8. The Balaban J connectivity index is 1.04. The second kappa shape index (κ2) is 13.8. The lowest BCUT2D eigenvalue weighted by Gasteiger charge is -2.26. The first-order valence-corrected chi connectivity index (χ1v) is 20.1. The average Bonchev–Trinajstić information content (AvgIpc) is 3.85. The van der Waals surface area contributed by atoms with Gasteiger partial charge in [0, 0.05) is 48.0 Å². The fourth-order valence-electron chi connectivity index (χ4n) is 8.25. The van der Waals surface area contributed by atoms with Crippen LogP contribution in [-0.2, 0) is 0 Å². The Morgan fingerprint density at radius 2 is 0.772 bits per heavy atom. The molecule has 0 aliphatic carbocycles. The number of thiophene rings is 1. The fraction of sp³-hybridized carbons (Fsp3) is 0. The summed E-state index contributed by atoms with van der Waals surface area (Å²) in [5.74, 6) is 0. The van der Waals surface area contributed by atoms with Crippen molar-refractivity contribution < 1.29 is 4.42 Å². The summed E-state index contributed by atoms with van der Waals surface area (Å²) >= 11 is 1.86. The summed E-state index contributed by atoms with van der Waals surface area (Å²) in [7, 11) is 0. The van der Waals surface area contributed by atoms with Gasteiger partial charge in [-0.05, 0) is 117 Å². The largest absolute Gasteiger partial charge is 0.456 e. The van der Waals surface area contributed by atoms with Crippen LogP contribution in [0.3, 0.4) is 0 Å². The molecule has 0 amide bonds. The van der Waals surface area contributed by atoms with Gasteiger partial charge >= 0.3 is 0 Å². The monoisotopic (exact) mass is 745 g/mol. The second-order valence-electron chi connectivity index (χ2n) is 14.5. The van der Waals surface area contributed by atoms with Crippen LogP contribution >= 0.6 is 11.3 Å². The predicted molar refractivity (Wildman–Crippen MR) is 243 cm³/mol. The number of hydrogen-bond acceptors (Lipinski definition) is 3. The molecule has 2 heterocycles. The molecule has 3 heteroatoms. The Morgan fingerprint density at radius 1 is 0.298 bits per heavy atom. The highest BCUT2D eigenvalue weighted by atomic mass is 32.1. The number of rotatable bonds is 7. The van der Waals surface area contributed by atoms with E-state index in [2.05, 4.69) is 205 Å². The van der Waals surface area contributed by atoms with E-state index in [0.29, 0.717) is 0 Å². The maximum atomic E-state index is 6.24. The maximum absolute atomic E-state index is 6.24. The van der Waals surface area contributed by atoms with Gasteiger partial charge in [0.2, 0.25) is 0 Å². The summed E-state index contributed by atoms with van der Waals surface area (Å²) in [6.45, 7) is 0. The van der Waals surface area contributed by atoms with Crippen LogP contribution in [0.15, 0.2) is 217 Å². The standard InChI is InChI=1S/C54H35NOS/c1-3-11-36(12-4-1)38-19-26-42(27-20-38)55(43-28-21-39(22-29-43)37-13-5-2-6-14-37)44-30-23-40(24-31-44)48-35-54-50(46-16-8-10-18-53(46)57-54)34-47(48)41-25-32-52-49(33-41)45-15-7-9-17-51(45)56-52/h1-35H. The number of fused-ring (bicyclic) bond motifs is 6. The van der Waals surface area contributed by atoms with Gasteiger partial charge in [0.1, 0.15) is 11.2 Å². The van der Waals surface area contributed by atoms with Crippen molar-refractivity contribution in [1.82, 2.24) is 0 Å². The van der Waals surface area contributed by atoms with Gasteiger partial charge in [0.25, 0.3) is 0 Å². The minimum Gasteiger partial charge on any atom is -0.456 e. The van der Waals surface area contributed by atoms with Gasteiger partial charge in [-0.15, -0.1) is 11.3 Å². The Kier molecular flexibility index (Phi) is 8.04. The number of nitrogens with zero attached hydrogens (tertiary/aromatic N) is 1. The van der Waals surface area contributed by atoms with Crippen molar-refractivity contribution >= 4 is 70.5 Å². The van der Waals surface area contributed by atoms with Crippen LogP contribution in [0.25, 0.3) is 86.6 Å². The second-order valence-corrected chi connectivity index (χ2v) is 15.6. The van der Waals surface area contributed by atoms with Crippen molar-refractivity contribution in [3.8, 4) is 44.5 Å². The van der Waals surface area contributed by atoms with Gasteiger partial charge < -0.3 is 9.32 Å². The normalized spacial score (nSPS) is 11.5. The number of anilines is 3. The van der Waals surface area contributed by atoms with E-state index in [4.69, 9.17) is 4.42 Å². The fourth-order valence-corrected chi connectivity index (χ4v) is 9.37. The van der Waals surface area contributed by atoms with Crippen LogP contribution in [0.4, 0.5) is 17.1 Å². The highest BCUT2D eigenvalue weighted by molar-refractivity contribution is 7.25. The Bertz CT molecular complexity index is 3110. The molecule has 268 valence electrons. The van der Waals surface area contributed by atoms with Gasteiger partial charge in [0.05, 0.1) is 0 Å². The lowest BCUT2D eigenvalue weighted by Crippen LogP contribution is -2.09. The number of benzene rings is 9. The van der Waals surface area contributed by atoms with E-state index >= 15 is 0 Å². The van der Waals surface area contributed by atoms with E-state index < -0.39 is 0 Å². The van der Waals surface area contributed by atoms with Crippen molar-refractivity contribution in [2.24, 2.45) is 0 Å². The van der Waals surface area contributed by atoms with E-state index in [1.807, 2.05) is 23.5 Å². The SMILES string of the molecule is c1ccc(-c2ccc(N(c3ccc(-c4ccccc4)cc3)c3ccc(-c4cc5sc6ccccc6c5cc4-c4ccc5oc6ccccc6c5c4)cc3)cc2)cc1. The summed E-state index contributed by atoms with van der Waals surface area (Å²) in [5, 5.41) is 4.85. The van der Waals surface area contributed by atoms with Gasteiger partial charge in [-0.3, -0.25) is 0 Å². The molecular weight excluding hydrogens is 711 g/mol. The third-order valence-corrected chi connectivity index (χ3v) is 12.2. The van der Waals surface area contributed by atoms with E-state index in [9.17, 15) is 0 Å². The molecule has 11 aromatic rings. The Morgan fingerprint density at radius 3 is 1.40 bits per heavy atom. The minimum atomic E-state index is 0.904. The predicted octanol–water partition coefficient (Wildman–Crippen LogP) is 16.1. The number of furan rings is 1. The van der Waals surface area contributed by atoms with Crippen LogP contribution in [0.5, 0.6) is 0 Å². The highest BCUT2D eigenvalue weighted by Crippen LogP contribution is 2.44. The molecule has 0 fully saturated rings. The summed E-state index contributed by atoms with van der Waals surface area (Å²) in [4.78, 5) is 2.35. The van der Waals surface area contributed by atoms with Crippen LogP contribution < -0.4 is 4.90 Å². The maximum Gasteiger partial charge on any atom is 0.135 e. The van der Waals surface area contributed by atoms with Crippen molar-refractivity contribution in [2.45, 2.75) is 0 Å². The average molecular weight is 746 g/mol. The molecular formula is C54H35NOS. The van der Waals surface area contributed by atoms with Gasteiger partial charge in [0.15, 0.2) is 0 Å². The van der Waals surface area contributed by atoms with E-state index in [1.54, 1.807) is 0 Å². The van der Waals surface area contributed by atoms with E-state index in [1.165, 1.54) is 64.7 Å². The molecule has 0 bridgehead atoms. The molecule has 0 radical (unpaired) electrons. The smallest absolute Gasteiger partial charge is 0.135 e. The van der Waals surface area contributed by atoms with Crippen molar-refractivity contribution in [3.05, 3.63) is 212 Å². The first-order valence-electron chi connectivity index (χ1n) is 19.3. The molecule has 2 nitrogen and oxygen atoms in total. The Labute approximate surface area is 335 Å². The summed E-state index contributed by atoms with van der Waals surface area (Å²) < 4.78 is 8.82. The summed E-state index contributed by atoms with van der Waals surface area (Å²) in [6.07, 6.45) is 0. The van der Waals surface area contributed by atoms with Crippen LogP contribution in [0.2, 0.25) is 0 Å². The molecule has 0 N–H and O–H groups in total. The molecule has 0 aliphatic heterocycles.